The van der Waals surface area contributed by atoms with Crippen molar-refractivity contribution in [3.63, 3.8) is 0 Å². The molecule has 0 amide bonds. The van der Waals surface area contributed by atoms with E-state index in [9.17, 15) is 0 Å². The SMILES string of the molecule is CCSSc1ccc(-c2ccccc2)cc1. The van der Waals surface area contributed by atoms with Gasteiger partial charge in [-0.3, -0.25) is 0 Å². The first-order valence-corrected chi connectivity index (χ1v) is 7.67. The maximum atomic E-state index is 2.19. The van der Waals surface area contributed by atoms with Crippen molar-refractivity contribution in [1.29, 1.82) is 0 Å². The second-order valence-corrected chi connectivity index (χ2v) is 6.04. The van der Waals surface area contributed by atoms with E-state index >= 15 is 0 Å². The minimum atomic E-state index is 1.14. The summed E-state index contributed by atoms with van der Waals surface area (Å²) in [6, 6.07) is 19.2. The average molecular weight is 246 g/mol. The Hall–Kier alpha value is -0.860. The van der Waals surface area contributed by atoms with Crippen molar-refractivity contribution in [2.45, 2.75) is 11.8 Å². The van der Waals surface area contributed by atoms with Crippen molar-refractivity contribution < 1.29 is 0 Å². The molecule has 0 aliphatic heterocycles. The molecule has 0 radical (unpaired) electrons. The maximum absolute atomic E-state index is 2.19. The van der Waals surface area contributed by atoms with E-state index in [1.807, 2.05) is 27.7 Å². The summed E-state index contributed by atoms with van der Waals surface area (Å²) in [7, 11) is 3.72. The molecule has 82 valence electrons. The molecular formula is C14H14S2. The van der Waals surface area contributed by atoms with E-state index < -0.39 is 0 Å². The van der Waals surface area contributed by atoms with Crippen LogP contribution in [0.2, 0.25) is 0 Å². The zero-order valence-electron chi connectivity index (χ0n) is 9.22. The Balaban J connectivity index is 2.13. The van der Waals surface area contributed by atoms with Crippen LogP contribution in [-0.2, 0) is 0 Å². The molecule has 16 heavy (non-hydrogen) atoms. The van der Waals surface area contributed by atoms with E-state index in [1.54, 1.807) is 0 Å². The molecule has 0 atom stereocenters. The molecule has 0 heterocycles. The molecular weight excluding hydrogens is 232 g/mol. The van der Waals surface area contributed by atoms with Crippen LogP contribution < -0.4 is 0 Å². The number of rotatable bonds is 4. The van der Waals surface area contributed by atoms with Gasteiger partial charge in [0.05, 0.1) is 0 Å². The van der Waals surface area contributed by atoms with Gasteiger partial charge in [-0.1, -0.05) is 71.0 Å². The highest BCUT2D eigenvalue weighted by Gasteiger charge is 1.97. The molecule has 0 unspecified atom stereocenters. The van der Waals surface area contributed by atoms with Crippen LogP contribution in [0, 0.1) is 0 Å². The summed E-state index contributed by atoms with van der Waals surface area (Å²) in [5.74, 6) is 1.14. The molecule has 0 spiro atoms. The van der Waals surface area contributed by atoms with Gasteiger partial charge in [-0.15, -0.1) is 0 Å². The van der Waals surface area contributed by atoms with Crippen LogP contribution in [0.25, 0.3) is 11.1 Å². The fourth-order valence-corrected chi connectivity index (χ4v) is 3.06. The molecule has 0 aromatic heterocycles. The van der Waals surface area contributed by atoms with E-state index in [0.29, 0.717) is 0 Å². The molecule has 0 saturated heterocycles. The summed E-state index contributed by atoms with van der Waals surface area (Å²) in [5.41, 5.74) is 2.56. The van der Waals surface area contributed by atoms with Gasteiger partial charge in [0, 0.05) is 10.6 Å². The van der Waals surface area contributed by atoms with Crippen LogP contribution in [0.1, 0.15) is 6.92 Å². The first-order valence-electron chi connectivity index (χ1n) is 5.35. The van der Waals surface area contributed by atoms with E-state index in [1.165, 1.54) is 16.0 Å². The largest absolute Gasteiger partial charge is 0.0892 e. The summed E-state index contributed by atoms with van der Waals surface area (Å²) in [4.78, 5) is 1.33. The number of benzene rings is 2. The van der Waals surface area contributed by atoms with Gasteiger partial charge in [-0.25, -0.2) is 0 Å². The molecule has 0 fully saturated rings. The Morgan fingerprint density at radius 1 is 0.812 bits per heavy atom. The minimum absolute atomic E-state index is 1.14. The van der Waals surface area contributed by atoms with Gasteiger partial charge in [0.15, 0.2) is 0 Å². The van der Waals surface area contributed by atoms with Gasteiger partial charge in [-0.2, -0.15) is 0 Å². The summed E-state index contributed by atoms with van der Waals surface area (Å²) in [6.45, 7) is 2.18. The first-order chi connectivity index (χ1) is 7.90. The van der Waals surface area contributed by atoms with Crippen molar-refractivity contribution in [3.05, 3.63) is 54.6 Å². The predicted octanol–water partition coefficient (Wildman–Crippen LogP) is 5.11. The Morgan fingerprint density at radius 3 is 2.06 bits per heavy atom. The molecule has 0 bridgehead atoms. The van der Waals surface area contributed by atoms with Crippen LogP contribution in [0.4, 0.5) is 0 Å². The summed E-state index contributed by atoms with van der Waals surface area (Å²) in [6.07, 6.45) is 0. The quantitative estimate of drug-likeness (QED) is 0.687. The lowest BCUT2D eigenvalue weighted by Gasteiger charge is -2.03. The molecule has 0 nitrogen and oxygen atoms in total. The molecule has 2 aromatic carbocycles. The third-order valence-electron chi connectivity index (χ3n) is 2.23. The van der Waals surface area contributed by atoms with E-state index in [0.717, 1.165) is 5.75 Å². The highest BCUT2D eigenvalue weighted by molar-refractivity contribution is 8.76. The predicted molar refractivity (Wildman–Crippen MR) is 75.9 cm³/mol. The second kappa shape index (κ2) is 6.02. The fourth-order valence-electron chi connectivity index (χ4n) is 1.46. The van der Waals surface area contributed by atoms with Crippen LogP contribution in [-0.4, -0.2) is 5.75 Å². The lowest BCUT2D eigenvalue weighted by Crippen LogP contribution is -1.76. The Bertz CT molecular complexity index is 420. The third-order valence-corrected chi connectivity index (χ3v) is 4.69. The normalized spacial score (nSPS) is 10.3. The van der Waals surface area contributed by atoms with E-state index in [-0.39, 0.29) is 0 Å². The molecule has 2 aromatic rings. The molecule has 0 saturated carbocycles. The Morgan fingerprint density at radius 2 is 1.44 bits per heavy atom. The summed E-state index contributed by atoms with van der Waals surface area (Å²) < 4.78 is 0. The van der Waals surface area contributed by atoms with Gasteiger partial charge in [-0.05, 0) is 23.3 Å². The highest BCUT2D eigenvalue weighted by atomic mass is 33.1. The van der Waals surface area contributed by atoms with Gasteiger partial charge >= 0.3 is 0 Å². The highest BCUT2D eigenvalue weighted by Crippen LogP contribution is 2.31. The van der Waals surface area contributed by atoms with Crippen molar-refractivity contribution in [1.82, 2.24) is 0 Å². The first kappa shape index (κ1) is 11.6. The molecule has 0 aliphatic rings. The van der Waals surface area contributed by atoms with E-state index in [2.05, 4.69) is 55.5 Å². The topological polar surface area (TPSA) is 0 Å². The van der Waals surface area contributed by atoms with Crippen LogP contribution in [0.15, 0.2) is 59.5 Å². The monoisotopic (exact) mass is 246 g/mol. The zero-order chi connectivity index (χ0) is 11.2. The molecule has 2 rings (SSSR count). The van der Waals surface area contributed by atoms with Crippen LogP contribution in [0.3, 0.4) is 0 Å². The van der Waals surface area contributed by atoms with Crippen molar-refractivity contribution >= 4 is 21.6 Å². The standard InChI is InChI=1S/C14H14S2/c1-2-15-16-14-10-8-13(9-11-14)12-6-4-3-5-7-12/h3-11H,2H2,1H3. The molecule has 0 aliphatic carbocycles. The zero-order valence-corrected chi connectivity index (χ0v) is 10.9. The van der Waals surface area contributed by atoms with Gasteiger partial charge in [0.25, 0.3) is 0 Å². The van der Waals surface area contributed by atoms with Gasteiger partial charge in [0.1, 0.15) is 0 Å². The lowest BCUT2D eigenvalue weighted by atomic mass is 10.1. The maximum Gasteiger partial charge on any atom is 0.0183 e. The van der Waals surface area contributed by atoms with Gasteiger partial charge in [0.2, 0.25) is 0 Å². The van der Waals surface area contributed by atoms with E-state index in [4.69, 9.17) is 0 Å². The molecule has 0 N–H and O–H groups in total. The van der Waals surface area contributed by atoms with Gasteiger partial charge < -0.3 is 0 Å². The Kier molecular flexibility index (Phi) is 4.37. The van der Waals surface area contributed by atoms with Crippen LogP contribution >= 0.6 is 21.6 Å². The third kappa shape index (κ3) is 3.06. The number of hydrogen-bond donors (Lipinski definition) is 0. The second-order valence-electron chi connectivity index (χ2n) is 3.38. The van der Waals surface area contributed by atoms with Crippen molar-refractivity contribution in [3.8, 4) is 11.1 Å². The fraction of sp³-hybridized carbons (Fsp3) is 0.143. The van der Waals surface area contributed by atoms with Crippen LogP contribution in [0.5, 0.6) is 0 Å². The van der Waals surface area contributed by atoms with Crippen molar-refractivity contribution in [2.24, 2.45) is 0 Å². The summed E-state index contributed by atoms with van der Waals surface area (Å²) in [5, 5.41) is 0. The van der Waals surface area contributed by atoms with Crippen molar-refractivity contribution in [2.75, 3.05) is 5.75 Å². The number of hydrogen-bond acceptors (Lipinski definition) is 2. The average Bonchev–Trinajstić information content (AvgIpc) is 2.38. The Labute approximate surface area is 105 Å². The summed E-state index contributed by atoms with van der Waals surface area (Å²) >= 11 is 0. The molecule has 2 heteroatoms. The smallest absolute Gasteiger partial charge is 0.0183 e. The minimum Gasteiger partial charge on any atom is -0.0892 e. The lowest BCUT2D eigenvalue weighted by molar-refractivity contribution is 1.47.